The van der Waals surface area contributed by atoms with Crippen LogP contribution in [0.5, 0.6) is 0 Å². The molecule has 0 spiro atoms. The van der Waals surface area contributed by atoms with Crippen molar-refractivity contribution in [1.82, 2.24) is 14.9 Å². The third-order valence-corrected chi connectivity index (χ3v) is 5.17. The number of rotatable bonds is 5. The van der Waals surface area contributed by atoms with E-state index in [9.17, 15) is 14.4 Å². The fourth-order valence-corrected chi connectivity index (χ4v) is 3.61. The van der Waals surface area contributed by atoms with Gasteiger partial charge in [0.25, 0.3) is 11.5 Å². The minimum atomic E-state index is -0.214. The summed E-state index contributed by atoms with van der Waals surface area (Å²) in [5.41, 5.74) is 1.74. The van der Waals surface area contributed by atoms with Gasteiger partial charge in [-0.3, -0.25) is 14.4 Å². The Morgan fingerprint density at radius 2 is 1.90 bits per heavy atom. The van der Waals surface area contributed by atoms with Crippen molar-refractivity contribution in [3.8, 4) is 0 Å². The number of aromatic amines is 1. The molecule has 1 aliphatic heterocycles. The number of carbonyl (C=O) groups is 2. The summed E-state index contributed by atoms with van der Waals surface area (Å²) < 4.78 is 0. The summed E-state index contributed by atoms with van der Waals surface area (Å²) in [6, 6.07) is 14.2. The molecule has 4 rings (SSSR count). The molecular weight excluding hydrogens is 368 g/mol. The average molecular weight is 390 g/mol. The standard InChI is InChI=1S/C22H22N4O3/c1-2-25(14-19-23-18-7-4-3-6-17(18)21(28)24-19)22(29)15-9-11-16(12-10-15)26-13-5-8-20(26)27/h3-4,6-7,9-12H,2,5,8,13-14H2,1H3,(H,23,24,28). The summed E-state index contributed by atoms with van der Waals surface area (Å²) >= 11 is 0. The molecule has 0 bridgehead atoms. The number of nitrogens with one attached hydrogen (secondary N) is 1. The molecule has 2 heterocycles. The molecule has 1 fully saturated rings. The average Bonchev–Trinajstić information content (AvgIpc) is 3.17. The molecule has 7 nitrogen and oxygen atoms in total. The lowest BCUT2D eigenvalue weighted by Gasteiger charge is -2.21. The van der Waals surface area contributed by atoms with Crippen molar-refractivity contribution in [2.45, 2.75) is 26.3 Å². The van der Waals surface area contributed by atoms with Crippen molar-refractivity contribution in [2.75, 3.05) is 18.0 Å². The molecule has 2 aromatic carbocycles. The van der Waals surface area contributed by atoms with Crippen LogP contribution in [0.3, 0.4) is 0 Å². The second-order valence-electron chi connectivity index (χ2n) is 7.04. The molecule has 2 amide bonds. The van der Waals surface area contributed by atoms with Crippen molar-refractivity contribution < 1.29 is 9.59 Å². The highest BCUT2D eigenvalue weighted by Crippen LogP contribution is 2.22. The largest absolute Gasteiger partial charge is 0.331 e. The third kappa shape index (κ3) is 3.76. The second kappa shape index (κ2) is 7.87. The fraction of sp³-hybridized carbons (Fsp3) is 0.273. The van der Waals surface area contributed by atoms with Gasteiger partial charge in [-0.2, -0.15) is 0 Å². The Balaban J connectivity index is 1.54. The monoisotopic (exact) mass is 390 g/mol. The lowest BCUT2D eigenvalue weighted by atomic mass is 10.1. The Morgan fingerprint density at radius 1 is 1.14 bits per heavy atom. The number of nitrogens with zero attached hydrogens (tertiary/aromatic N) is 3. The lowest BCUT2D eigenvalue weighted by molar-refractivity contribution is -0.117. The van der Waals surface area contributed by atoms with E-state index in [1.54, 1.807) is 52.3 Å². The number of para-hydroxylation sites is 1. The van der Waals surface area contributed by atoms with Gasteiger partial charge in [0.2, 0.25) is 5.91 Å². The van der Waals surface area contributed by atoms with Gasteiger partial charge in [-0.25, -0.2) is 4.98 Å². The maximum atomic E-state index is 13.0. The predicted octanol–water partition coefficient (Wildman–Crippen LogP) is 2.71. The summed E-state index contributed by atoms with van der Waals surface area (Å²) in [6.45, 7) is 3.28. The van der Waals surface area contributed by atoms with E-state index in [1.807, 2.05) is 13.0 Å². The quantitative estimate of drug-likeness (QED) is 0.726. The minimum absolute atomic E-state index is 0.116. The molecule has 148 valence electrons. The van der Waals surface area contributed by atoms with Crippen molar-refractivity contribution in [3.05, 3.63) is 70.3 Å². The third-order valence-electron chi connectivity index (χ3n) is 5.17. The SMILES string of the molecule is CCN(Cc1nc2ccccc2c(=O)[nH]1)C(=O)c1ccc(N2CCCC2=O)cc1. The molecule has 1 aromatic heterocycles. The normalized spacial score (nSPS) is 13.8. The van der Waals surface area contributed by atoms with E-state index >= 15 is 0 Å². The molecule has 0 aliphatic carbocycles. The first kappa shape index (κ1) is 18.9. The summed E-state index contributed by atoms with van der Waals surface area (Å²) in [5.74, 6) is 0.413. The van der Waals surface area contributed by atoms with E-state index in [0.29, 0.717) is 41.8 Å². The predicted molar refractivity (Wildman–Crippen MR) is 111 cm³/mol. The van der Waals surface area contributed by atoms with Crippen LogP contribution >= 0.6 is 0 Å². The molecular formula is C22H22N4O3. The maximum Gasteiger partial charge on any atom is 0.258 e. The molecule has 3 aromatic rings. The van der Waals surface area contributed by atoms with E-state index in [1.165, 1.54) is 0 Å². The molecule has 0 saturated carbocycles. The van der Waals surface area contributed by atoms with Crippen LogP contribution in [0.15, 0.2) is 53.3 Å². The summed E-state index contributed by atoms with van der Waals surface area (Å²) in [5, 5.41) is 0.526. The zero-order valence-electron chi connectivity index (χ0n) is 16.2. The second-order valence-corrected chi connectivity index (χ2v) is 7.04. The molecule has 0 unspecified atom stereocenters. The van der Waals surface area contributed by atoms with Crippen LogP contribution in [0, 0.1) is 0 Å². The van der Waals surface area contributed by atoms with E-state index in [4.69, 9.17) is 0 Å². The van der Waals surface area contributed by atoms with E-state index in [-0.39, 0.29) is 23.9 Å². The van der Waals surface area contributed by atoms with Gasteiger partial charge in [-0.1, -0.05) is 12.1 Å². The Kier molecular flexibility index (Phi) is 5.12. The minimum Gasteiger partial charge on any atom is -0.331 e. The topological polar surface area (TPSA) is 86.4 Å². The number of anilines is 1. The lowest BCUT2D eigenvalue weighted by Crippen LogP contribution is -2.32. The van der Waals surface area contributed by atoms with E-state index in [2.05, 4.69) is 9.97 Å². The van der Waals surface area contributed by atoms with Crippen LogP contribution in [0.2, 0.25) is 0 Å². The highest BCUT2D eigenvalue weighted by molar-refractivity contribution is 5.97. The number of fused-ring (bicyclic) bond motifs is 1. The van der Waals surface area contributed by atoms with Crippen molar-refractivity contribution in [2.24, 2.45) is 0 Å². The number of hydrogen-bond donors (Lipinski definition) is 1. The molecule has 0 radical (unpaired) electrons. The first-order valence-electron chi connectivity index (χ1n) is 9.74. The van der Waals surface area contributed by atoms with Gasteiger partial charge in [-0.15, -0.1) is 0 Å². The smallest absolute Gasteiger partial charge is 0.258 e. The number of aromatic nitrogens is 2. The Hall–Kier alpha value is -3.48. The Labute approximate surface area is 168 Å². The number of amides is 2. The highest BCUT2D eigenvalue weighted by Gasteiger charge is 2.22. The van der Waals surface area contributed by atoms with Crippen LogP contribution in [0.25, 0.3) is 10.9 Å². The van der Waals surface area contributed by atoms with Crippen LogP contribution in [0.1, 0.15) is 35.9 Å². The summed E-state index contributed by atoms with van der Waals surface area (Å²) in [4.78, 5) is 47.7. The number of H-pyrrole nitrogens is 1. The number of carbonyl (C=O) groups excluding carboxylic acids is 2. The first-order chi connectivity index (χ1) is 14.1. The van der Waals surface area contributed by atoms with Crippen molar-refractivity contribution >= 4 is 28.4 Å². The van der Waals surface area contributed by atoms with E-state index in [0.717, 1.165) is 12.1 Å². The maximum absolute atomic E-state index is 13.0. The van der Waals surface area contributed by atoms with Crippen LogP contribution in [0.4, 0.5) is 5.69 Å². The van der Waals surface area contributed by atoms with Gasteiger partial charge in [0.15, 0.2) is 0 Å². The van der Waals surface area contributed by atoms with Gasteiger partial charge >= 0.3 is 0 Å². The Bertz CT molecular complexity index is 1120. The number of hydrogen-bond acceptors (Lipinski definition) is 4. The zero-order valence-corrected chi connectivity index (χ0v) is 16.2. The van der Waals surface area contributed by atoms with Crippen molar-refractivity contribution in [1.29, 1.82) is 0 Å². The Morgan fingerprint density at radius 3 is 2.59 bits per heavy atom. The zero-order chi connectivity index (χ0) is 20.4. The van der Waals surface area contributed by atoms with E-state index < -0.39 is 0 Å². The summed E-state index contributed by atoms with van der Waals surface area (Å²) in [7, 11) is 0. The van der Waals surface area contributed by atoms with Gasteiger partial charge in [-0.05, 0) is 49.7 Å². The van der Waals surface area contributed by atoms with Crippen molar-refractivity contribution in [3.63, 3.8) is 0 Å². The van der Waals surface area contributed by atoms with Crippen LogP contribution in [-0.2, 0) is 11.3 Å². The van der Waals surface area contributed by atoms with Crippen LogP contribution < -0.4 is 10.5 Å². The molecule has 1 saturated heterocycles. The molecule has 0 atom stereocenters. The van der Waals surface area contributed by atoms with Gasteiger partial charge in [0, 0.05) is 30.8 Å². The fourth-order valence-electron chi connectivity index (χ4n) is 3.61. The first-order valence-corrected chi connectivity index (χ1v) is 9.74. The van der Waals surface area contributed by atoms with Gasteiger partial charge in [0.05, 0.1) is 17.4 Å². The molecule has 29 heavy (non-hydrogen) atoms. The van der Waals surface area contributed by atoms with Gasteiger partial charge < -0.3 is 14.8 Å². The highest BCUT2D eigenvalue weighted by atomic mass is 16.2. The van der Waals surface area contributed by atoms with Crippen LogP contribution in [-0.4, -0.2) is 39.8 Å². The molecule has 1 N–H and O–H groups in total. The number of benzene rings is 2. The summed E-state index contributed by atoms with van der Waals surface area (Å²) in [6.07, 6.45) is 1.43. The molecule has 7 heteroatoms. The van der Waals surface area contributed by atoms with Gasteiger partial charge in [0.1, 0.15) is 5.82 Å². The molecule has 1 aliphatic rings.